The first kappa shape index (κ1) is 14.5. The normalized spacial score (nSPS) is 17.5. The molecule has 100 valence electrons. The minimum atomic E-state index is -0.662. The molecule has 3 heteroatoms. The second-order valence-electron chi connectivity index (χ2n) is 5.18. The summed E-state index contributed by atoms with van der Waals surface area (Å²) in [6.07, 6.45) is 10.2. The predicted octanol–water partition coefficient (Wildman–Crippen LogP) is 3.29. The molecule has 1 aliphatic carbocycles. The van der Waals surface area contributed by atoms with Gasteiger partial charge in [-0.15, -0.1) is 0 Å². The lowest BCUT2D eigenvalue weighted by Crippen LogP contribution is -2.38. The van der Waals surface area contributed by atoms with Crippen molar-refractivity contribution < 1.29 is 9.90 Å². The molecule has 0 amide bonds. The third-order valence-corrected chi connectivity index (χ3v) is 3.69. The topological polar surface area (TPSA) is 40.5 Å². The van der Waals surface area contributed by atoms with Gasteiger partial charge >= 0.3 is 5.97 Å². The molecule has 0 spiro atoms. The van der Waals surface area contributed by atoms with E-state index in [-0.39, 0.29) is 0 Å². The molecule has 0 saturated heterocycles. The van der Waals surface area contributed by atoms with E-state index in [1.807, 2.05) is 0 Å². The van der Waals surface area contributed by atoms with Gasteiger partial charge in [0.05, 0.1) is 0 Å². The molecule has 0 aromatic carbocycles. The molecule has 0 aromatic rings. The molecule has 0 aromatic heterocycles. The van der Waals surface area contributed by atoms with Gasteiger partial charge < -0.3 is 10.0 Å². The Bertz CT molecular complexity index is 212. The van der Waals surface area contributed by atoms with Crippen molar-refractivity contribution in [3.8, 4) is 0 Å². The van der Waals surface area contributed by atoms with Gasteiger partial charge in [-0.3, -0.25) is 4.79 Å². The maximum absolute atomic E-state index is 10.5. The molecule has 1 rings (SSSR count). The number of carboxylic acids is 1. The summed E-state index contributed by atoms with van der Waals surface area (Å²) >= 11 is 0. The summed E-state index contributed by atoms with van der Waals surface area (Å²) in [5.41, 5.74) is 0. The van der Waals surface area contributed by atoms with Crippen LogP contribution in [0.2, 0.25) is 0 Å². The molecule has 0 bridgehead atoms. The summed E-state index contributed by atoms with van der Waals surface area (Å²) in [5.74, 6) is -0.662. The number of carboxylic acid groups (broad SMARTS) is 1. The van der Waals surface area contributed by atoms with Crippen molar-refractivity contribution >= 4 is 5.97 Å². The zero-order valence-electron chi connectivity index (χ0n) is 11.2. The quantitative estimate of drug-likeness (QED) is 0.663. The van der Waals surface area contributed by atoms with Crippen molar-refractivity contribution in [3.63, 3.8) is 0 Å². The lowest BCUT2D eigenvalue weighted by atomic mass is 9.94. The lowest BCUT2D eigenvalue weighted by molar-refractivity contribution is -0.137. The van der Waals surface area contributed by atoms with Crippen LogP contribution in [0.1, 0.15) is 64.7 Å². The smallest absolute Gasteiger partial charge is 0.303 e. The first-order valence-corrected chi connectivity index (χ1v) is 7.20. The van der Waals surface area contributed by atoms with Crippen LogP contribution in [-0.4, -0.2) is 35.1 Å². The zero-order valence-corrected chi connectivity index (χ0v) is 11.2. The third kappa shape index (κ3) is 6.06. The fourth-order valence-corrected chi connectivity index (χ4v) is 2.80. The van der Waals surface area contributed by atoms with Crippen LogP contribution in [-0.2, 0) is 4.79 Å². The summed E-state index contributed by atoms with van der Waals surface area (Å²) in [6.45, 7) is 4.50. The van der Waals surface area contributed by atoms with Gasteiger partial charge in [0.25, 0.3) is 0 Å². The SMILES string of the molecule is CCCN(CCCCC(=O)O)C1CCCCC1. The molecular formula is C14H27NO2. The van der Waals surface area contributed by atoms with Crippen molar-refractivity contribution in [1.82, 2.24) is 4.90 Å². The maximum atomic E-state index is 10.5. The van der Waals surface area contributed by atoms with Crippen LogP contribution < -0.4 is 0 Å². The third-order valence-electron chi connectivity index (χ3n) is 3.69. The standard InChI is InChI=1S/C14H27NO2/c1-2-11-15(12-7-6-10-14(16)17)13-8-4-3-5-9-13/h13H,2-12H2,1H3,(H,16,17). The Morgan fingerprint density at radius 2 is 1.88 bits per heavy atom. The largest absolute Gasteiger partial charge is 0.481 e. The van der Waals surface area contributed by atoms with E-state index in [9.17, 15) is 4.79 Å². The molecule has 0 atom stereocenters. The highest BCUT2D eigenvalue weighted by Gasteiger charge is 2.19. The Labute approximate surface area is 105 Å². The number of unbranched alkanes of at least 4 members (excludes halogenated alkanes) is 1. The monoisotopic (exact) mass is 241 g/mol. The second kappa shape index (κ2) is 8.51. The summed E-state index contributed by atoms with van der Waals surface area (Å²) in [7, 11) is 0. The van der Waals surface area contributed by atoms with Gasteiger partial charge in [0.2, 0.25) is 0 Å². The minimum Gasteiger partial charge on any atom is -0.481 e. The molecule has 0 aliphatic heterocycles. The van der Waals surface area contributed by atoms with E-state index in [1.54, 1.807) is 0 Å². The number of hydrogen-bond acceptors (Lipinski definition) is 2. The Hall–Kier alpha value is -0.570. The van der Waals surface area contributed by atoms with Crippen molar-refractivity contribution in [2.45, 2.75) is 70.8 Å². The van der Waals surface area contributed by atoms with Crippen LogP contribution in [0.25, 0.3) is 0 Å². The Morgan fingerprint density at radius 1 is 1.18 bits per heavy atom. The van der Waals surface area contributed by atoms with Crippen molar-refractivity contribution in [1.29, 1.82) is 0 Å². The van der Waals surface area contributed by atoms with E-state index in [0.29, 0.717) is 6.42 Å². The summed E-state index contributed by atoms with van der Waals surface area (Å²) in [5, 5.41) is 8.62. The molecule has 0 heterocycles. The highest BCUT2D eigenvalue weighted by molar-refractivity contribution is 5.66. The number of nitrogens with zero attached hydrogens (tertiary/aromatic N) is 1. The molecule has 0 unspecified atom stereocenters. The summed E-state index contributed by atoms with van der Waals surface area (Å²) in [4.78, 5) is 13.1. The van der Waals surface area contributed by atoms with E-state index < -0.39 is 5.97 Å². The van der Waals surface area contributed by atoms with Gasteiger partial charge in [0.1, 0.15) is 0 Å². The molecule has 3 nitrogen and oxygen atoms in total. The number of aliphatic carboxylic acids is 1. The van der Waals surface area contributed by atoms with Crippen LogP contribution in [0.15, 0.2) is 0 Å². The van der Waals surface area contributed by atoms with Gasteiger partial charge in [-0.25, -0.2) is 0 Å². The van der Waals surface area contributed by atoms with E-state index in [1.165, 1.54) is 45.1 Å². The fraction of sp³-hybridized carbons (Fsp3) is 0.929. The summed E-state index contributed by atoms with van der Waals surface area (Å²) in [6, 6.07) is 0.772. The Kier molecular flexibility index (Phi) is 7.25. The van der Waals surface area contributed by atoms with Crippen LogP contribution >= 0.6 is 0 Å². The first-order chi connectivity index (χ1) is 8.24. The predicted molar refractivity (Wildman–Crippen MR) is 70.2 cm³/mol. The zero-order chi connectivity index (χ0) is 12.5. The maximum Gasteiger partial charge on any atom is 0.303 e. The van der Waals surface area contributed by atoms with Crippen molar-refractivity contribution in [3.05, 3.63) is 0 Å². The Balaban J connectivity index is 2.24. The highest BCUT2D eigenvalue weighted by atomic mass is 16.4. The van der Waals surface area contributed by atoms with Gasteiger partial charge in [-0.1, -0.05) is 26.2 Å². The molecule has 1 saturated carbocycles. The highest BCUT2D eigenvalue weighted by Crippen LogP contribution is 2.23. The van der Waals surface area contributed by atoms with Gasteiger partial charge in [-0.2, -0.15) is 0 Å². The number of hydrogen-bond donors (Lipinski definition) is 1. The van der Waals surface area contributed by atoms with Gasteiger partial charge in [0, 0.05) is 12.5 Å². The van der Waals surface area contributed by atoms with Gasteiger partial charge in [0.15, 0.2) is 0 Å². The Morgan fingerprint density at radius 3 is 2.47 bits per heavy atom. The van der Waals surface area contributed by atoms with E-state index >= 15 is 0 Å². The van der Waals surface area contributed by atoms with Crippen LogP contribution in [0.4, 0.5) is 0 Å². The van der Waals surface area contributed by atoms with E-state index in [0.717, 1.165) is 25.4 Å². The average Bonchev–Trinajstić information content (AvgIpc) is 2.34. The van der Waals surface area contributed by atoms with Crippen molar-refractivity contribution in [2.24, 2.45) is 0 Å². The number of rotatable bonds is 8. The van der Waals surface area contributed by atoms with E-state index in [2.05, 4.69) is 11.8 Å². The molecule has 1 N–H and O–H groups in total. The molecule has 1 aliphatic rings. The van der Waals surface area contributed by atoms with E-state index in [4.69, 9.17) is 5.11 Å². The summed E-state index contributed by atoms with van der Waals surface area (Å²) < 4.78 is 0. The second-order valence-corrected chi connectivity index (χ2v) is 5.18. The van der Waals surface area contributed by atoms with Crippen LogP contribution in [0.5, 0.6) is 0 Å². The molecular weight excluding hydrogens is 214 g/mol. The van der Waals surface area contributed by atoms with Crippen LogP contribution in [0, 0.1) is 0 Å². The van der Waals surface area contributed by atoms with Crippen molar-refractivity contribution in [2.75, 3.05) is 13.1 Å². The lowest BCUT2D eigenvalue weighted by Gasteiger charge is -2.34. The minimum absolute atomic E-state index is 0.324. The fourth-order valence-electron chi connectivity index (χ4n) is 2.80. The molecule has 0 radical (unpaired) electrons. The molecule has 1 fully saturated rings. The van der Waals surface area contributed by atoms with Crippen LogP contribution in [0.3, 0.4) is 0 Å². The number of carbonyl (C=O) groups is 1. The first-order valence-electron chi connectivity index (χ1n) is 7.20. The molecule has 17 heavy (non-hydrogen) atoms. The van der Waals surface area contributed by atoms with Gasteiger partial charge in [-0.05, 0) is 45.2 Å². The average molecular weight is 241 g/mol.